The molecule has 0 spiro atoms. The fourth-order valence-corrected chi connectivity index (χ4v) is 2.75. The van der Waals surface area contributed by atoms with Gasteiger partial charge in [0.05, 0.1) is 19.1 Å². The number of nitro groups is 1. The van der Waals surface area contributed by atoms with Gasteiger partial charge in [0.2, 0.25) is 0 Å². The zero-order chi connectivity index (χ0) is 17.3. The molecule has 0 unspecified atom stereocenters. The summed E-state index contributed by atoms with van der Waals surface area (Å²) < 4.78 is 10.5. The zero-order valence-electron chi connectivity index (χ0n) is 13.2. The zero-order valence-corrected chi connectivity index (χ0v) is 13.2. The van der Waals surface area contributed by atoms with Crippen LogP contribution in [0.1, 0.15) is 21.5 Å². The van der Waals surface area contributed by atoms with E-state index in [4.69, 9.17) is 9.47 Å². The fourth-order valence-electron chi connectivity index (χ4n) is 2.75. The van der Waals surface area contributed by atoms with E-state index in [9.17, 15) is 14.9 Å². The number of carbonyl (C=O) groups is 1. The molecule has 0 atom stereocenters. The van der Waals surface area contributed by atoms with Crippen LogP contribution in [0.15, 0.2) is 42.0 Å². The molecule has 122 valence electrons. The molecular formula is C18H15NO5. The molecule has 3 rings (SSSR count). The summed E-state index contributed by atoms with van der Waals surface area (Å²) in [7, 11) is 3.08. The molecule has 1 aliphatic rings. The number of nitro benzene ring substituents is 1. The summed E-state index contributed by atoms with van der Waals surface area (Å²) >= 11 is 0. The molecule has 6 heteroatoms. The first-order valence-corrected chi connectivity index (χ1v) is 7.28. The van der Waals surface area contributed by atoms with E-state index in [1.165, 1.54) is 19.2 Å². The lowest BCUT2D eigenvalue weighted by atomic mass is 10.1. The van der Waals surface area contributed by atoms with Crippen LogP contribution in [0.5, 0.6) is 11.5 Å². The van der Waals surface area contributed by atoms with Gasteiger partial charge in [0, 0.05) is 29.7 Å². The smallest absolute Gasteiger partial charge is 0.269 e. The van der Waals surface area contributed by atoms with Crippen LogP contribution in [-0.4, -0.2) is 24.9 Å². The third-order valence-electron chi connectivity index (χ3n) is 3.97. The van der Waals surface area contributed by atoms with Gasteiger partial charge in [-0.3, -0.25) is 14.9 Å². The third-order valence-corrected chi connectivity index (χ3v) is 3.97. The second-order valence-electron chi connectivity index (χ2n) is 5.39. The van der Waals surface area contributed by atoms with Gasteiger partial charge >= 0.3 is 0 Å². The van der Waals surface area contributed by atoms with Crippen molar-refractivity contribution in [2.45, 2.75) is 6.42 Å². The van der Waals surface area contributed by atoms with Crippen LogP contribution < -0.4 is 9.47 Å². The minimum atomic E-state index is -0.452. The Morgan fingerprint density at radius 1 is 1.08 bits per heavy atom. The van der Waals surface area contributed by atoms with Crippen molar-refractivity contribution in [3.8, 4) is 11.5 Å². The molecule has 0 fully saturated rings. The van der Waals surface area contributed by atoms with Crippen molar-refractivity contribution in [2.24, 2.45) is 0 Å². The lowest BCUT2D eigenvalue weighted by molar-refractivity contribution is -0.384. The van der Waals surface area contributed by atoms with E-state index in [-0.39, 0.29) is 11.5 Å². The van der Waals surface area contributed by atoms with Gasteiger partial charge in [-0.1, -0.05) is 0 Å². The Balaban J connectivity index is 1.94. The molecule has 0 aliphatic heterocycles. The summed E-state index contributed by atoms with van der Waals surface area (Å²) in [5.74, 6) is 1.03. The second-order valence-corrected chi connectivity index (χ2v) is 5.39. The van der Waals surface area contributed by atoms with Crippen molar-refractivity contribution in [3.63, 3.8) is 0 Å². The molecule has 0 bridgehead atoms. The Morgan fingerprint density at radius 2 is 1.71 bits per heavy atom. The first-order valence-electron chi connectivity index (χ1n) is 7.28. The van der Waals surface area contributed by atoms with Crippen molar-refractivity contribution >= 4 is 17.5 Å². The van der Waals surface area contributed by atoms with Gasteiger partial charge in [-0.15, -0.1) is 0 Å². The van der Waals surface area contributed by atoms with E-state index < -0.39 is 4.92 Å². The number of Topliss-reactive ketones (excluding diaryl/α,β-unsaturated/α-hetero) is 1. The van der Waals surface area contributed by atoms with Gasteiger partial charge < -0.3 is 9.47 Å². The van der Waals surface area contributed by atoms with E-state index >= 15 is 0 Å². The summed E-state index contributed by atoms with van der Waals surface area (Å²) in [5, 5.41) is 10.7. The van der Waals surface area contributed by atoms with Gasteiger partial charge in [0.25, 0.3) is 5.69 Å². The second kappa shape index (κ2) is 6.16. The van der Waals surface area contributed by atoms with Crippen LogP contribution in [0.25, 0.3) is 6.08 Å². The number of hydrogen-bond donors (Lipinski definition) is 0. The van der Waals surface area contributed by atoms with Crippen LogP contribution in [0.2, 0.25) is 0 Å². The van der Waals surface area contributed by atoms with E-state index in [1.807, 2.05) is 6.07 Å². The number of allylic oxidation sites excluding steroid dienone is 1. The Morgan fingerprint density at radius 3 is 2.29 bits per heavy atom. The van der Waals surface area contributed by atoms with Crippen LogP contribution in [-0.2, 0) is 6.42 Å². The topological polar surface area (TPSA) is 78.7 Å². The van der Waals surface area contributed by atoms with Crippen LogP contribution in [0.4, 0.5) is 5.69 Å². The quantitative estimate of drug-likeness (QED) is 0.489. The molecular weight excluding hydrogens is 310 g/mol. The monoisotopic (exact) mass is 325 g/mol. The third kappa shape index (κ3) is 2.74. The average molecular weight is 325 g/mol. The minimum absolute atomic E-state index is 0.0210. The highest BCUT2D eigenvalue weighted by Gasteiger charge is 2.27. The number of ketones is 1. The van der Waals surface area contributed by atoms with Crippen molar-refractivity contribution in [3.05, 3.63) is 68.8 Å². The van der Waals surface area contributed by atoms with Gasteiger partial charge in [-0.2, -0.15) is 0 Å². The van der Waals surface area contributed by atoms with E-state index in [2.05, 4.69) is 0 Å². The maximum atomic E-state index is 12.6. The van der Waals surface area contributed by atoms with E-state index in [0.717, 1.165) is 11.1 Å². The Kier molecular flexibility index (Phi) is 4.04. The summed E-state index contributed by atoms with van der Waals surface area (Å²) in [5.41, 5.74) is 2.88. The molecule has 6 nitrogen and oxygen atoms in total. The van der Waals surface area contributed by atoms with Crippen molar-refractivity contribution in [1.82, 2.24) is 0 Å². The molecule has 0 N–H and O–H groups in total. The molecule has 2 aromatic carbocycles. The summed E-state index contributed by atoms with van der Waals surface area (Å²) in [6.45, 7) is 0. The number of methoxy groups -OCH3 is 2. The van der Waals surface area contributed by atoms with Crippen LogP contribution in [0, 0.1) is 10.1 Å². The number of ether oxygens (including phenoxy) is 2. The maximum Gasteiger partial charge on any atom is 0.269 e. The fraction of sp³-hybridized carbons (Fsp3) is 0.167. The van der Waals surface area contributed by atoms with Crippen LogP contribution >= 0.6 is 0 Å². The van der Waals surface area contributed by atoms with E-state index in [0.29, 0.717) is 29.1 Å². The number of rotatable bonds is 4. The summed E-state index contributed by atoms with van der Waals surface area (Å²) in [4.78, 5) is 22.8. The van der Waals surface area contributed by atoms with Gasteiger partial charge in [0.1, 0.15) is 0 Å². The summed E-state index contributed by atoms with van der Waals surface area (Å²) in [6, 6.07) is 9.59. The Labute approximate surface area is 138 Å². The SMILES string of the molecule is COc1cc2c(cc1OC)C(=O)C(=Cc1ccc([N+](=O)[O-])cc1)C2. The molecule has 0 saturated carbocycles. The number of carbonyl (C=O) groups excluding carboxylic acids is 1. The number of fused-ring (bicyclic) bond motifs is 1. The van der Waals surface area contributed by atoms with E-state index in [1.54, 1.807) is 31.4 Å². The predicted molar refractivity (Wildman–Crippen MR) is 88.7 cm³/mol. The lowest BCUT2D eigenvalue weighted by Crippen LogP contribution is -1.97. The largest absolute Gasteiger partial charge is 0.493 e. The first-order chi connectivity index (χ1) is 11.5. The minimum Gasteiger partial charge on any atom is -0.493 e. The predicted octanol–water partition coefficient (Wildman–Crippen LogP) is 3.43. The highest BCUT2D eigenvalue weighted by Crippen LogP contribution is 2.37. The molecule has 0 amide bonds. The van der Waals surface area contributed by atoms with Crippen molar-refractivity contribution in [1.29, 1.82) is 0 Å². The Bertz CT molecular complexity index is 852. The number of nitrogens with zero attached hydrogens (tertiary/aromatic N) is 1. The molecule has 0 aromatic heterocycles. The van der Waals surface area contributed by atoms with Crippen molar-refractivity contribution < 1.29 is 19.2 Å². The Hall–Kier alpha value is -3.15. The van der Waals surface area contributed by atoms with Gasteiger partial charge in [-0.05, 0) is 41.5 Å². The molecule has 1 aliphatic carbocycles. The van der Waals surface area contributed by atoms with Gasteiger partial charge in [0.15, 0.2) is 17.3 Å². The standard InChI is InChI=1S/C18H15NO5/c1-23-16-9-12-8-13(18(20)15(12)10-17(16)24-2)7-11-3-5-14(6-4-11)19(21)22/h3-7,9-10H,8H2,1-2H3. The normalized spacial score (nSPS) is 14.6. The number of benzene rings is 2. The molecule has 0 saturated heterocycles. The maximum absolute atomic E-state index is 12.6. The van der Waals surface area contributed by atoms with Gasteiger partial charge in [-0.25, -0.2) is 0 Å². The average Bonchev–Trinajstić information content (AvgIpc) is 2.89. The molecule has 24 heavy (non-hydrogen) atoms. The lowest BCUT2D eigenvalue weighted by Gasteiger charge is -2.08. The number of non-ortho nitro benzene ring substituents is 1. The first kappa shape index (κ1) is 15.7. The molecule has 0 heterocycles. The summed E-state index contributed by atoms with van der Waals surface area (Å²) in [6.07, 6.45) is 2.25. The molecule has 2 aromatic rings. The van der Waals surface area contributed by atoms with Crippen LogP contribution in [0.3, 0.4) is 0 Å². The highest BCUT2D eigenvalue weighted by molar-refractivity contribution is 6.15. The highest BCUT2D eigenvalue weighted by atomic mass is 16.6. The van der Waals surface area contributed by atoms with Crippen molar-refractivity contribution in [2.75, 3.05) is 14.2 Å². The number of hydrogen-bond acceptors (Lipinski definition) is 5. The molecule has 0 radical (unpaired) electrons.